The lowest BCUT2D eigenvalue weighted by molar-refractivity contribution is 0.367. The van der Waals surface area contributed by atoms with Gasteiger partial charge in [0.1, 0.15) is 12.4 Å². The lowest BCUT2D eigenvalue weighted by Crippen LogP contribution is -2.50. The lowest BCUT2D eigenvalue weighted by atomic mass is 10.0. The molecule has 0 amide bonds. The van der Waals surface area contributed by atoms with Crippen LogP contribution in [0.15, 0.2) is 85.1 Å². The maximum Gasteiger partial charge on any atom is 0.126 e. The first-order valence-corrected chi connectivity index (χ1v) is 15.6. The number of aryl methyl sites for hydroxylation is 1. The number of hydrogen-bond donors (Lipinski definition) is 0. The van der Waals surface area contributed by atoms with Crippen LogP contribution in [0.3, 0.4) is 0 Å². The van der Waals surface area contributed by atoms with Crippen LogP contribution in [-0.4, -0.2) is 32.7 Å². The van der Waals surface area contributed by atoms with Gasteiger partial charge in [0.2, 0.25) is 0 Å². The third-order valence-electron chi connectivity index (χ3n) is 7.46. The van der Waals surface area contributed by atoms with Crippen molar-refractivity contribution in [3.05, 3.63) is 102 Å². The third-order valence-corrected chi connectivity index (χ3v) is 11.3. The molecule has 0 spiro atoms. The van der Waals surface area contributed by atoms with Gasteiger partial charge in [-0.2, -0.15) is 0 Å². The van der Waals surface area contributed by atoms with Crippen LogP contribution >= 0.6 is 0 Å². The Kier molecular flexibility index (Phi) is 6.22. The molecule has 1 aliphatic carbocycles. The fourth-order valence-corrected chi connectivity index (χ4v) is 9.60. The number of hydrogen-bond acceptors (Lipinski definition) is 2. The molecule has 0 bridgehead atoms. The molecule has 0 saturated carbocycles. The Bertz CT molecular complexity index is 1220. The average molecular weight is 466 g/mol. The van der Waals surface area contributed by atoms with Gasteiger partial charge in [-0.25, -0.2) is 0 Å². The van der Waals surface area contributed by atoms with Gasteiger partial charge in [0.05, 0.1) is 8.07 Å². The summed E-state index contributed by atoms with van der Waals surface area (Å²) in [6, 6.07) is 24.4. The Balaban J connectivity index is 1.69. The molecule has 0 N–H and O–H groups in total. The van der Waals surface area contributed by atoms with E-state index in [-0.39, 0.29) is 0 Å². The number of nitrogens with zero attached hydrogens (tertiary/aromatic N) is 1. The normalized spacial score (nSPS) is 17.4. The van der Waals surface area contributed by atoms with Crippen LogP contribution in [0.4, 0.5) is 0 Å². The summed E-state index contributed by atoms with van der Waals surface area (Å²) in [6.45, 7) is 14.1. The molecule has 3 aromatic carbocycles. The van der Waals surface area contributed by atoms with Gasteiger partial charge in [-0.1, -0.05) is 92.0 Å². The zero-order chi connectivity index (χ0) is 23.7. The van der Waals surface area contributed by atoms with Crippen LogP contribution in [0.5, 0.6) is 5.75 Å². The van der Waals surface area contributed by atoms with E-state index in [0.29, 0.717) is 12.1 Å². The first kappa shape index (κ1) is 22.7. The SMILES string of the molecule is C=CCOc1c(-c2ccccc2)cc(C)cc1[Si](C)(C)C1C(N2CCCC2)=Cc2ccccc21. The summed E-state index contributed by atoms with van der Waals surface area (Å²) in [4.78, 5) is 2.65. The van der Waals surface area contributed by atoms with Crippen LogP contribution < -0.4 is 9.92 Å². The summed E-state index contributed by atoms with van der Waals surface area (Å²) >= 11 is 0. The van der Waals surface area contributed by atoms with E-state index in [0.717, 1.165) is 5.75 Å². The van der Waals surface area contributed by atoms with Gasteiger partial charge in [0.25, 0.3) is 0 Å². The first-order chi connectivity index (χ1) is 16.5. The molecule has 0 aromatic heterocycles. The van der Waals surface area contributed by atoms with Gasteiger partial charge in [0.15, 0.2) is 0 Å². The van der Waals surface area contributed by atoms with Crippen molar-refractivity contribution in [1.82, 2.24) is 4.90 Å². The lowest BCUT2D eigenvalue weighted by Gasteiger charge is -2.38. The number of rotatable bonds is 7. The molecule has 34 heavy (non-hydrogen) atoms. The Labute approximate surface area is 205 Å². The van der Waals surface area contributed by atoms with Crippen LogP contribution in [0.25, 0.3) is 17.2 Å². The standard InChI is InChI=1S/C31H35NOSi/c1-5-19-33-30-27(24-13-7-6-8-14-24)20-23(2)21-29(30)34(3,4)31-26-16-10-9-15-25(26)22-28(31)32-17-11-12-18-32/h5-10,13-16,20-22,31H,1,11-12,17-19H2,2-4H3. The molecule has 174 valence electrons. The van der Waals surface area contributed by atoms with E-state index in [1.807, 2.05) is 6.08 Å². The topological polar surface area (TPSA) is 12.5 Å². The van der Waals surface area contributed by atoms with E-state index < -0.39 is 8.07 Å². The molecule has 3 heteroatoms. The van der Waals surface area contributed by atoms with Crippen molar-refractivity contribution < 1.29 is 4.74 Å². The summed E-state index contributed by atoms with van der Waals surface area (Å²) in [5.74, 6) is 1.04. The van der Waals surface area contributed by atoms with Gasteiger partial charge >= 0.3 is 0 Å². The summed E-state index contributed by atoms with van der Waals surface area (Å²) < 4.78 is 6.51. The highest BCUT2D eigenvalue weighted by Crippen LogP contribution is 2.46. The Morgan fingerprint density at radius 3 is 2.44 bits per heavy atom. The zero-order valence-electron chi connectivity index (χ0n) is 20.7. The second-order valence-corrected chi connectivity index (χ2v) is 14.8. The minimum Gasteiger partial charge on any atom is -0.489 e. The van der Waals surface area contributed by atoms with Crippen LogP contribution in [0.2, 0.25) is 13.1 Å². The minimum atomic E-state index is -2.09. The quantitative estimate of drug-likeness (QED) is 0.277. The molecule has 1 unspecified atom stereocenters. The van der Waals surface area contributed by atoms with Crippen LogP contribution in [0, 0.1) is 6.92 Å². The minimum absolute atomic E-state index is 0.415. The van der Waals surface area contributed by atoms with Crippen molar-refractivity contribution >= 4 is 19.3 Å². The molecular weight excluding hydrogens is 430 g/mol. The van der Waals surface area contributed by atoms with Crippen molar-refractivity contribution in [1.29, 1.82) is 0 Å². The smallest absolute Gasteiger partial charge is 0.126 e. The number of allylic oxidation sites excluding steroid dienone is 1. The fourth-order valence-electron chi connectivity index (χ4n) is 5.85. The van der Waals surface area contributed by atoms with Gasteiger partial charge in [-0.15, -0.1) is 0 Å². The van der Waals surface area contributed by atoms with Crippen molar-refractivity contribution in [2.75, 3.05) is 19.7 Å². The fraction of sp³-hybridized carbons (Fsp3) is 0.290. The van der Waals surface area contributed by atoms with Crippen LogP contribution in [0.1, 0.15) is 35.1 Å². The van der Waals surface area contributed by atoms with E-state index in [1.54, 1.807) is 0 Å². The molecule has 1 aliphatic heterocycles. The number of likely N-dealkylation sites (tertiary alicyclic amines) is 1. The van der Waals surface area contributed by atoms with Crippen molar-refractivity contribution in [2.45, 2.75) is 38.4 Å². The van der Waals surface area contributed by atoms with Crippen molar-refractivity contribution in [3.63, 3.8) is 0 Å². The molecule has 1 fully saturated rings. The number of fused-ring (bicyclic) bond motifs is 1. The zero-order valence-corrected chi connectivity index (χ0v) is 21.7. The Morgan fingerprint density at radius 1 is 1.00 bits per heavy atom. The first-order valence-electron chi connectivity index (χ1n) is 12.5. The number of benzene rings is 3. The van der Waals surface area contributed by atoms with E-state index >= 15 is 0 Å². The Hall–Kier alpha value is -3.04. The van der Waals surface area contributed by atoms with E-state index in [2.05, 4.69) is 104 Å². The largest absolute Gasteiger partial charge is 0.489 e. The van der Waals surface area contributed by atoms with Crippen molar-refractivity contribution in [3.8, 4) is 16.9 Å². The van der Waals surface area contributed by atoms with Gasteiger partial charge in [-0.05, 0) is 53.8 Å². The molecule has 0 radical (unpaired) electrons. The van der Waals surface area contributed by atoms with Gasteiger partial charge in [0, 0.05) is 29.9 Å². The molecule has 5 rings (SSSR count). The summed E-state index contributed by atoms with van der Waals surface area (Å²) in [5.41, 5.74) is 8.50. The summed E-state index contributed by atoms with van der Waals surface area (Å²) in [6.07, 6.45) is 6.91. The van der Waals surface area contributed by atoms with Crippen molar-refractivity contribution in [2.24, 2.45) is 0 Å². The maximum atomic E-state index is 6.51. The van der Waals surface area contributed by atoms with Gasteiger partial charge < -0.3 is 9.64 Å². The second-order valence-electron chi connectivity index (χ2n) is 10.2. The van der Waals surface area contributed by atoms with E-state index in [1.165, 1.54) is 64.6 Å². The summed E-state index contributed by atoms with van der Waals surface area (Å²) in [7, 11) is -2.09. The maximum absolute atomic E-state index is 6.51. The number of ether oxygens (including phenoxy) is 1. The molecule has 3 aromatic rings. The monoisotopic (exact) mass is 465 g/mol. The Morgan fingerprint density at radius 2 is 1.71 bits per heavy atom. The predicted molar refractivity (Wildman–Crippen MR) is 147 cm³/mol. The third kappa shape index (κ3) is 4.03. The van der Waals surface area contributed by atoms with Crippen LogP contribution in [-0.2, 0) is 0 Å². The highest BCUT2D eigenvalue weighted by molar-refractivity contribution is 6.92. The highest BCUT2D eigenvalue weighted by Gasteiger charge is 2.44. The molecular formula is C31H35NOSi. The molecule has 2 nitrogen and oxygen atoms in total. The molecule has 1 atom stereocenters. The van der Waals surface area contributed by atoms with E-state index in [4.69, 9.17) is 4.74 Å². The molecule has 1 saturated heterocycles. The summed E-state index contributed by atoms with van der Waals surface area (Å²) in [5, 5.41) is 1.40. The predicted octanol–water partition coefficient (Wildman–Crippen LogP) is 6.92. The average Bonchev–Trinajstić information content (AvgIpc) is 3.51. The highest BCUT2D eigenvalue weighted by atomic mass is 28.3. The molecule has 1 heterocycles. The van der Waals surface area contributed by atoms with E-state index in [9.17, 15) is 0 Å². The second kappa shape index (κ2) is 9.30. The van der Waals surface area contributed by atoms with Gasteiger partial charge in [-0.3, -0.25) is 0 Å². The molecule has 2 aliphatic rings.